The van der Waals surface area contributed by atoms with E-state index in [0.717, 1.165) is 11.4 Å². The van der Waals surface area contributed by atoms with Crippen LogP contribution < -0.4 is 15.4 Å². The van der Waals surface area contributed by atoms with Crippen LogP contribution in [0.4, 0.5) is 5.69 Å². The second-order valence-electron chi connectivity index (χ2n) is 3.61. The average Bonchev–Trinajstić information content (AvgIpc) is 2.36. The van der Waals surface area contributed by atoms with Crippen LogP contribution in [0.5, 0.6) is 5.75 Å². The molecule has 0 saturated heterocycles. The zero-order valence-corrected chi connectivity index (χ0v) is 9.93. The van der Waals surface area contributed by atoms with Gasteiger partial charge in [-0.05, 0) is 18.6 Å². The van der Waals surface area contributed by atoms with Gasteiger partial charge in [-0.2, -0.15) is 0 Å². The van der Waals surface area contributed by atoms with Crippen molar-refractivity contribution in [3.63, 3.8) is 0 Å². The first-order valence-corrected chi connectivity index (χ1v) is 5.27. The van der Waals surface area contributed by atoms with Gasteiger partial charge in [0.2, 0.25) is 5.91 Å². The van der Waals surface area contributed by atoms with E-state index in [-0.39, 0.29) is 5.91 Å². The highest BCUT2D eigenvalue weighted by Crippen LogP contribution is 2.20. The van der Waals surface area contributed by atoms with E-state index in [1.807, 2.05) is 25.1 Å². The molecule has 0 aliphatic carbocycles. The van der Waals surface area contributed by atoms with Gasteiger partial charge in [0.05, 0.1) is 13.2 Å². The van der Waals surface area contributed by atoms with Crippen molar-refractivity contribution in [2.24, 2.45) is 5.73 Å². The predicted molar refractivity (Wildman–Crippen MR) is 64.7 cm³/mol. The number of anilines is 1. The number of amides is 1. The summed E-state index contributed by atoms with van der Waals surface area (Å²) in [5.74, 6) is 0.637. The van der Waals surface area contributed by atoms with Crippen molar-refractivity contribution < 1.29 is 9.53 Å². The van der Waals surface area contributed by atoms with E-state index in [4.69, 9.17) is 10.5 Å². The summed E-state index contributed by atoms with van der Waals surface area (Å²) in [6.07, 6.45) is 0.632. The van der Waals surface area contributed by atoms with Gasteiger partial charge in [-0.15, -0.1) is 0 Å². The number of benzene rings is 1. The fraction of sp³-hybridized carbons (Fsp3) is 0.417. The van der Waals surface area contributed by atoms with Crippen molar-refractivity contribution >= 4 is 11.6 Å². The lowest BCUT2D eigenvalue weighted by Crippen LogP contribution is -2.41. The van der Waals surface area contributed by atoms with Crippen molar-refractivity contribution in [3.8, 4) is 5.75 Å². The summed E-state index contributed by atoms with van der Waals surface area (Å²) in [7, 11) is 3.31. The molecule has 0 saturated carbocycles. The van der Waals surface area contributed by atoms with E-state index in [1.54, 1.807) is 25.1 Å². The van der Waals surface area contributed by atoms with Crippen LogP contribution in [0, 0.1) is 0 Å². The Kier molecular flexibility index (Phi) is 4.31. The number of rotatable bonds is 4. The van der Waals surface area contributed by atoms with Crippen molar-refractivity contribution in [2.75, 3.05) is 19.1 Å². The fourth-order valence-electron chi connectivity index (χ4n) is 1.37. The van der Waals surface area contributed by atoms with Crippen LogP contribution in [-0.2, 0) is 4.79 Å². The zero-order valence-electron chi connectivity index (χ0n) is 9.93. The van der Waals surface area contributed by atoms with Gasteiger partial charge >= 0.3 is 0 Å². The summed E-state index contributed by atoms with van der Waals surface area (Å²) in [6, 6.07) is 6.89. The first kappa shape index (κ1) is 12.5. The van der Waals surface area contributed by atoms with Gasteiger partial charge in [0.15, 0.2) is 0 Å². The van der Waals surface area contributed by atoms with Gasteiger partial charge < -0.3 is 15.4 Å². The van der Waals surface area contributed by atoms with Gasteiger partial charge in [0.25, 0.3) is 0 Å². The highest BCUT2D eigenvalue weighted by molar-refractivity contribution is 5.96. The molecule has 4 heteroatoms. The molecule has 0 aliphatic heterocycles. The molecule has 0 radical (unpaired) electrons. The molecular weight excluding hydrogens is 204 g/mol. The Labute approximate surface area is 96.0 Å². The molecule has 0 aliphatic rings. The monoisotopic (exact) mass is 222 g/mol. The minimum Gasteiger partial charge on any atom is -0.497 e. The first-order chi connectivity index (χ1) is 7.60. The number of hydrogen-bond acceptors (Lipinski definition) is 3. The Morgan fingerprint density at radius 2 is 2.25 bits per heavy atom. The van der Waals surface area contributed by atoms with Crippen LogP contribution in [0.25, 0.3) is 0 Å². The van der Waals surface area contributed by atoms with E-state index >= 15 is 0 Å². The molecule has 16 heavy (non-hydrogen) atoms. The molecular formula is C12H18N2O2. The summed E-state index contributed by atoms with van der Waals surface area (Å²) in [5, 5.41) is 0. The largest absolute Gasteiger partial charge is 0.497 e. The van der Waals surface area contributed by atoms with Gasteiger partial charge in [0, 0.05) is 18.8 Å². The third kappa shape index (κ3) is 2.73. The molecule has 0 heterocycles. The van der Waals surface area contributed by atoms with Gasteiger partial charge in [-0.1, -0.05) is 13.0 Å². The summed E-state index contributed by atoms with van der Waals surface area (Å²) < 4.78 is 5.10. The highest BCUT2D eigenvalue weighted by atomic mass is 16.5. The Bertz CT molecular complexity index is 366. The Balaban J connectivity index is 2.87. The number of carbonyl (C=O) groups excluding carboxylic acids is 1. The number of ether oxygens (including phenoxy) is 1. The van der Waals surface area contributed by atoms with Crippen LogP contribution in [0.1, 0.15) is 13.3 Å². The van der Waals surface area contributed by atoms with Gasteiger partial charge in [-0.3, -0.25) is 4.79 Å². The van der Waals surface area contributed by atoms with Crippen LogP contribution in [0.15, 0.2) is 24.3 Å². The Hall–Kier alpha value is -1.55. The molecule has 2 N–H and O–H groups in total. The summed E-state index contributed by atoms with van der Waals surface area (Å²) in [6.45, 7) is 1.89. The Morgan fingerprint density at radius 1 is 1.56 bits per heavy atom. The van der Waals surface area contributed by atoms with E-state index < -0.39 is 6.04 Å². The van der Waals surface area contributed by atoms with E-state index in [9.17, 15) is 4.79 Å². The van der Waals surface area contributed by atoms with Crippen molar-refractivity contribution in [3.05, 3.63) is 24.3 Å². The molecule has 1 amide bonds. The summed E-state index contributed by atoms with van der Waals surface area (Å²) in [5.41, 5.74) is 6.49. The lowest BCUT2D eigenvalue weighted by atomic mass is 10.2. The molecule has 88 valence electrons. The third-order valence-corrected chi connectivity index (χ3v) is 2.53. The zero-order chi connectivity index (χ0) is 12.1. The van der Waals surface area contributed by atoms with Gasteiger partial charge in [0.1, 0.15) is 5.75 Å². The molecule has 1 unspecified atom stereocenters. The predicted octanol–water partition coefficient (Wildman–Crippen LogP) is 1.40. The van der Waals surface area contributed by atoms with Crippen molar-refractivity contribution in [1.82, 2.24) is 0 Å². The van der Waals surface area contributed by atoms with Crippen molar-refractivity contribution in [2.45, 2.75) is 19.4 Å². The van der Waals surface area contributed by atoms with E-state index in [0.29, 0.717) is 6.42 Å². The maximum Gasteiger partial charge on any atom is 0.243 e. The van der Waals surface area contributed by atoms with Crippen LogP contribution >= 0.6 is 0 Å². The minimum absolute atomic E-state index is 0.0873. The Morgan fingerprint density at radius 3 is 2.81 bits per heavy atom. The maximum atomic E-state index is 11.8. The van der Waals surface area contributed by atoms with Crippen LogP contribution in [0.2, 0.25) is 0 Å². The normalized spacial score (nSPS) is 12.0. The molecule has 1 aromatic rings. The molecule has 0 spiro atoms. The van der Waals surface area contributed by atoms with Crippen molar-refractivity contribution in [1.29, 1.82) is 0 Å². The molecule has 1 atom stereocenters. The number of methoxy groups -OCH3 is 1. The maximum absolute atomic E-state index is 11.8. The third-order valence-electron chi connectivity index (χ3n) is 2.53. The second kappa shape index (κ2) is 5.51. The molecule has 0 bridgehead atoms. The standard InChI is InChI=1S/C12H18N2O2/c1-4-11(13)12(15)14(2)9-6-5-7-10(8-9)16-3/h5-8,11H,4,13H2,1-3H3. The summed E-state index contributed by atoms with van der Waals surface area (Å²) >= 11 is 0. The second-order valence-corrected chi connectivity index (χ2v) is 3.61. The minimum atomic E-state index is -0.448. The molecule has 4 nitrogen and oxygen atoms in total. The number of nitrogens with zero attached hydrogens (tertiary/aromatic N) is 1. The number of likely N-dealkylation sites (N-methyl/N-ethyl adjacent to an activating group) is 1. The molecule has 0 fully saturated rings. The molecule has 1 aromatic carbocycles. The van der Waals surface area contributed by atoms with Crippen LogP contribution in [-0.4, -0.2) is 26.1 Å². The first-order valence-electron chi connectivity index (χ1n) is 5.27. The molecule has 0 aromatic heterocycles. The number of nitrogens with two attached hydrogens (primary N) is 1. The SMILES string of the molecule is CCC(N)C(=O)N(C)c1cccc(OC)c1. The number of hydrogen-bond donors (Lipinski definition) is 1. The topological polar surface area (TPSA) is 55.6 Å². The number of carbonyl (C=O) groups is 1. The lowest BCUT2D eigenvalue weighted by Gasteiger charge is -2.21. The van der Waals surface area contributed by atoms with Crippen LogP contribution in [0.3, 0.4) is 0 Å². The summed E-state index contributed by atoms with van der Waals surface area (Å²) in [4.78, 5) is 13.4. The van der Waals surface area contributed by atoms with E-state index in [1.165, 1.54) is 0 Å². The van der Waals surface area contributed by atoms with E-state index in [2.05, 4.69) is 0 Å². The smallest absolute Gasteiger partial charge is 0.243 e. The lowest BCUT2D eigenvalue weighted by molar-refractivity contribution is -0.119. The average molecular weight is 222 g/mol. The quantitative estimate of drug-likeness (QED) is 0.837. The fourth-order valence-corrected chi connectivity index (χ4v) is 1.37. The highest BCUT2D eigenvalue weighted by Gasteiger charge is 2.17. The van der Waals surface area contributed by atoms with Gasteiger partial charge in [-0.25, -0.2) is 0 Å². The molecule has 1 rings (SSSR count).